The topological polar surface area (TPSA) is 59.8 Å². The van der Waals surface area contributed by atoms with Crippen LogP contribution < -0.4 is 5.32 Å². The molecule has 0 atom stereocenters. The zero-order valence-corrected chi connectivity index (χ0v) is 17.2. The SMILES string of the molecule is O=C(CSc1nnc(Cc2cccs2)n1-c1ccccc1)Nc1cc(F)ccc1F. The molecule has 1 amide bonds. The number of rotatable bonds is 7. The van der Waals surface area contributed by atoms with Crippen molar-refractivity contribution in [1.82, 2.24) is 14.8 Å². The Morgan fingerprint density at radius 1 is 1.07 bits per heavy atom. The molecule has 1 N–H and O–H groups in total. The van der Waals surface area contributed by atoms with Gasteiger partial charge in [-0.1, -0.05) is 36.0 Å². The van der Waals surface area contributed by atoms with Gasteiger partial charge in [-0.2, -0.15) is 0 Å². The third-order valence-corrected chi connectivity index (χ3v) is 5.97. The number of hydrogen-bond acceptors (Lipinski definition) is 5. The molecule has 2 aromatic carbocycles. The van der Waals surface area contributed by atoms with Crippen LogP contribution >= 0.6 is 23.1 Å². The van der Waals surface area contributed by atoms with Crippen molar-refractivity contribution in [3.63, 3.8) is 0 Å². The lowest BCUT2D eigenvalue weighted by molar-refractivity contribution is -0.113. The summed E-state index contributed by atoms with van der Waals surface area (Å²) >= 11 is 2.81. The second-order valence-electron chi connectivity index (χ2n) is 6.29. The quantitative estimate of drug-likeness (QED) is 0.413. The largest absolute Gasteiger partial charge is 0.323 e. The average molecular weight is 443 g/mol. The standard InChI is InChI=1S/C21H16F2N4OS2/c22-14-8-9-17(23)18(11-14)24-20(28)13-30-21-26-25-19(12-16-7-4-10-29-16)27(21)15-5-2-1-3-6-15/h1-11H,12-13H2,(H,24,28). The van der Waals surface area contributed by atoms with Gasteiger partial charge in [0.2, 0.25) is 5.91 Å². The van der Waals surface area contributed by atoms with Crippen LogP contribution in [0.4, 0.5) is 14.5 Å². The van der Waals surface area contributed by atoms with Gasteiger partial charge in [0.25, 0.3) is 0 Å². The number of thioether (sulfide) groups is 1. The number of amides is 1. The first-order valence-corrected chi connectivity index (χ1v) is 10.9. The lowest BCUT2D eigenvalue weighted by Crippen LogP contribution is -2.16. The normalized spacial score (nSPS) is 10.9. The molecule has 0 aliphatic heterocycles. The van der Waals surface area contributed by atoms with Gasteiger partial charge in [0.15, 0.2) is 5.16 Å². The zero-order valence-electron chi connectivity index (χ0n) is 15.6. The maximum absolute atomic E-state index is 13.7. The van der Waals surface area contributed by atoms with Crippen molar-refractivity contribution in [2.75, 3.05) is 11.1 Å². The van der Waals surface area contributed by atoms with E-state index in [-0.39, 0.29) is 11.4 Å². The highest BCUT2D eigenvalue weighted by molar-refractivity contribution is 7.99. The number of carbonyl (C=O) groups is 1. The molecule has 0 spiro atoms. The van der Waals surface area contributed by atoms with E-state index in [4.69, 9.17) is 0 Å². The van der Waals surface area contributed by atoms with Crippen LogP contribution in [-0.2, 0) is 11.2 Å². The van der Waals surface area contributed by atoms with Gasteiger partial charge in [-0.25, -0.2) is 8.78 Å². The second kappa shape index (κ2) is 9.19. The number of thiophene rings is 1. The maximum atomic E-state index is 13.7. The highest BCUT2D eigenvalue weighted by Crippen LogP contribution is 2.25. The number of carbonyl (C=O) groups excluding carboxylic acids is 1. The van der Waals surface area contributed by atoms with Gasteiger partial charge in [0.1, 0.15) is 17.5 Å². The summed E-state index contributed by atoms with van der Waals surface area (Å²) in [5.41, 5.74) is 0.691. The molecule has 152 valence electrons. The molecule has 0 radical (unpaired) electrons. The van der Waals surface area contributed by atoms with E-state index in [2.05, 4.69) is 15.5 Å². The fraction of sp³-hybridized carbons (Fsp3) is 0.0952. The molecule has 0 aliphatic rings. The Bertz CT molecular complexity index is 1150. The third-order valence-electron chi connectivity index (χ3n) is 4.16. The Balaban J connectivity index is 1.53. The summed E-state index contributed by atoms with van der Waals surface area (Å²) in [5, 5.41) is 13.5. The van der Waals surface area contributed by atoms with E-state index < -0.39 is 17.5 Å². The lowest BCUT2D eigenvalue weighted by atomic mass is 10.3. The second-order valence-corrected chi connectivity index (χ2v) is 8.26. The Labute approximate surface area is 179 Å². The van der Waals surface area contributed by atoms with Gasteiger partial charge in [0.05, 0.1) is 11.4 Å². The molecule has 0 bridgehead atoms. The number of aromatic nitrogens is 3. The van der Waals surface area contributed by atoms with Crippen molar-refractivity contribution in [2.24, 2.45) is 0 Å². The first-order chi connectivity index (χ1) is 14.6. The fourth-order valence-electron chi connectivity index (χ4n) is 2.82. The van der Waals surface area contributed by atoms with Crippen molar-refractivity contribution in [3.8, 4) is 5.69 Å². The Hall–Kier alpha value is -3.04. The summed E-state index contributed by atoms with van der Waals surface area (Å²) in [6.07, 6.45) is 0.612. The number of anilines is 1. The van der Waals surface area contributed by atoms with Crippen molar-refractivity contribution in [3.05, 3.63) is 88.4 Å². The summed E-state index contributed by atoms with van der Waals surface area (Å²) in [6, 6.07) is 16.6. The van der Waals surface area contributed by atoms with Crippen molar-refractivity contribution in [1.29, 1.82) is 0 Å². The zero-order chi connectivity index (χ0) is 20.9. The van der Waals surface area contributed by atoms with Gasteiger partial charge in [0, 0.05) is 23.1 Å². The maximum Gasteiger partial charge on any atom is 0.234 e. The molecule has 30 heavy (non-hydrogen) atoms. The highest BCUT2D eigenvalue weighted by Gasteiger charge is 2.17. The van der Waals surface area contributed by atoms with Crippen LogP contribution in [-0.4, -0.2) is 26.4 Å². The van der Waals surface area contributed by atoms with Crippen LogP contribution in [0.1, 0.15) is 10.7 Å². The molecule has 9 heteroatoms. The molecule has 4 rings (SSSR count). The average Bonchev–Trinajstić information content (AvgIpc) is 3.40. The summed E-state index contributed by atoms with van der Waals surface area (Å²) in [5.74, 6) is -1.06. The van der Waals surface area contributed by atoms with Gasteiger partial charge >= 0.3 is 0 Å². The van der Waals surface area contributed by atoms with Crippen molar-refractivity contribution in [2.45, 2.75) is 11.6 Å². The summed E-state index contributed by atoms with van der Waals surface area (Å²) in [7, 11) is 0. The molecular weight excluding hydrogens is 426 g/mol. The van der Waals surface area contributed by atoms with E-state index in [0.29, 0.717) is 11.6 Å². The molecule has 4 aromatic rings. The van der Waals surface area contributed by atoms with Crippen LogP contribution in [0.2, 0.25) is 0 Å². The van der Waals surface area contributed by atoms with Crippen LogP contribution in [0.15, 0.2) is 71.2 Å². The van der Waals surface area contributed by atoms with E-state index in [0.717, 1.165) is 34.6 Å². The number of para-hydroxylation sites is 1. The molecule has 5 nitrogen and oxygen atoms in total. The summed E-state index contributed by atoms with van der Waals surface area (Å²) in [6.45, 7) is 0. The van der Waals surface area contributed by atoms with Crippen LogP contribution in [0.3, 0.4) is 0 Å². The van der Waals surface area contributed by atoms with Gasteiger partial charge in [-0.05, 0) is 35.7 Å². The van der Waals surface area contributed by atoms with Crippen molar-refractivity contribution < 1.29 is 13.6 Å². The number of nitrogens with zero attached hydrogens (tertiary/aromatic N) is 3. The summed E-state index contributed by atoms with van der Waals surface area (Å²) < 4.78 is 29.0. The number of halogens is 2. The van der Waals surface area contributed by atoms with Crippen LogP contribution in [0.25, 0.3) is 5.69 Å². The highest BCUT2D eigenvalue weighted by atomic mass is 32.2. The van der Waals surface area contributed by atoms with E-state index in [9.17, 15) is 13.6 Å². The molecular formula is C21H16F2N4OS2. The molecule has 0 unspecified atom stereocenters. The fourth-order valence-corrected chi connectivity index (χ4v) is 4.30. The van der Waals surface area contributed by atoms with Gasteiger partial charge < -0.3 is 5.32 Å². The summed E-state index contributed by atoms with van der Waals surface area (Å²) in [4.78, 5) is 13.4. The number of nitrogens with one attached hydrogen (secondary N) is 1. The molecule has 2 heterocycles. The number of benzene rings is 2. The minimum atomic E-state index is -0.694. The van der Waals surface area contributed by atoms with Gasteiger partial charge in [-0.3, -0.25) is 9.36 Å². The van der Waals surface area contributed by atoms with Gasteiger partial charge in [-0.15, -0.1) is 21.5 Å². The first kappa shape index (κ1) is 20.2. The molecule has 0 saturated heterocycles. The first-order valence-electron chi connectivity index (χ1n) is 9.00. The van der Waals surface area contributed by atoms with E-state index in [1.807, 2.05) is 52.4 Å². The van der Waals surface area contributed by atoms with Crippen molar-refractivity contribution >= 4 is 34.7 Å². The van der Waals surface area contributed by atoms with Crippen LogP contribution in [0, 0.1) is 11.6 Å². The molecule has 2 aromatic heterocycles. The molecule has 0 saturated carbocycles. The third kappa shape index (κ3) is 4.74. The lowest BCUT2D eigenvalue weighted by Gasteiger charge is -2.10. The van der Waals surface area contributed by atoms with E-state index >= 15 is 0 Å². The predicted molar refractivity (Wildman–Crippen MR) is 114 cm³/mol. The minimum absolute atomic E-state index is 0.0279. The van der Waals surface area contributed by atoms with E-state index in [1.54, 1.807) is 11.3 Å². The Morgan fingerprint density at radius 2 is 1.90 bits per heavy atom. The molecule has 0 fully saturated rings. The molecule has 0 aliphatic carbocycles. The number of hydrogen-bond donors (Lipinski definition) is 1. The van der Waals surface area contributed by atoms with Crippen LogP contribution in [0.5, 0.6) is 0 Å². The monoisotopic (exact) mass is 442 g/mol. The smallest absolute Gasteiger partial charge is 0.234 e. The Morgan fingerprint density at radius 3 is 2.67 bits per heavy atom. The Kier molecular flexibility index (Phi) is 6.20. The minimum Gasteiger partial charge on any atom is -0.323 e. The predicted octanol–water partition coefficient (Wildman–Crippen LogP) is 4.93. The van der Waals surface area contributed by atoms with E-state index in [1.165, 1.54) is 11.8 Å².